The fourth-order valence-electron chi connectivity index (χ4n) is 2.29. The lowest BCUT2D eigenvalue weighted by Crippen LogP contribution is -2.27. The van der Waals surface area contributed by atoms with E-state index in [1.807, 2.05) is 30.3 Å². The second-order valence-corrected chi connectivity index (χ2v) is 6.90. The number of benzene rings is 1. The van der Waals surface area contributed by atoms with Crippen molar-refractivity contribution in [1.82, 2.24) is 19.5 Å². The van der Waals surface area contributed by atoms with Crippen LogP contribution in [0.1, 0.15) is 0 Å². The monoisotopic (exact) mass is 358 g/mol. The number of nitrogens with zero attached hydrogens (tertiary/aromatic N) is 4. The molecule has 1 unspecified atom stereocenters. The molecule has 1 atom stereocenters. The zero-order chi connectivity index (χ0) is 18.0. The van der Waals surface area contributed by atoms with Crippen LogP contribution in [0.4, 0.5) is 0 Å². The van der Waals surface area contributed by atoms with Crippen molar-refractivity contribution in [2.45, 2.75) is 5.16 Å². The topological polar surface area (TPSA) is 76.8 Å². The predicted octanol–water partition coefficient (Wildman–Crippen LogP) is 1.60. The molecule has 0 N–H and O–H groups in total. The van der Waals surface area contributed by atoms with E-state index in [0.29, 0.717) is 5.75 Å². The summed E-state index contributed by atoms with van der Waals surface area (Å²) in [5.41, 5.74) is 2.35. The Bertz CT molecular complexity index is 952. The van der Waals surface area contributed by atoms with Crippen LogP contribution in [0.2, 0.25) is 0 Å². The normalized spacial score (nSPS) is 12.1. The Hall–Kier alpha value is -2.74. The number of rotatable bonds is 5. The molecular weight excluding hydrogens is 340 g/mol. The minimum absolute atomic E-state index is 0.0491. The first kappa shape index (κ1) is 17.1. The van der Waals surface area contributed by atoms with Gasteiger partial charge >= 0.3 is 0 Å². The largest absolute Gasteiger partial charge is 0.483 e. The number of hydrogen-bond acceptors (Lipinski definition) is 5. The SMILES string of the molecule is CN(C)C(=O)COc1ccccc1-c1ccc2cnc(S(C)=O)nn12. The van der Waals surface area contributed by atoms with E-state index in [4.69, 9.17) is 4.74 Å². The highest BCUT2D eigenvalue weighted by molar-refractivity contribution is 7.84. The summed E-state index contributed by atoms with van der Waals surface area (Å²) in [7, 11) is 2.09. The molecule has 7 nitrogen and oxygen atoms in total. The van der Waals surface area contributed by atoms with Crippen molar-refractivity contribution in [3.8, 4) is 17.0 Å². The van der Waals surface area contributed by atoms with Crippen molar-refractivity contribution in [2.75, 3.05) is 27.0 Å². The summed E-state index contributed by atoms with van der Waals surface area (Å²) in [5.74, 6) is 0.455. The first-order valence-corrected chi connectivity index (χ1v) is 9.13. The quantitative estimate of drug-likeness (QED) is 0.692. The maximum Gasteiger partial charge on any atom is 0.259 e. The Balaban J connectivity index is 2.02. The third kappa shape index (κ3) is 3.53. The Morgan fingerprint density at radius 3 is 2.72 bits per heavy atom. The number of carbonyl (C=O) groups is 1. The molecule has 0 radical (unpaired) electrons. The Kier molecular flexibility index (Phi) is 4.80. The van der Waals surface area contributed by atoms with E-state index >= 15 is 0 Å². The molecule has 8 heteroatoms. The van der Waals surface area contributed by atoms with Gasteiger partial charge in [-0.2, -0.15) is 0 Å². The summed E-state index contributed by atoms with van der Waals surface area (Å²) in [6.45, 7) is -0.0491. The zero-order valence-electron chi connectivity index (χ0n) is 14.2. The third-order valence-electron chi connectivity index (χ3n) is 3.65. The van der Waals surface area contributed by atoms with Crippen LogP contribution >= 0.6 is 0 Å². The number of ether oxygens (including phenoxy) is 1. The molecule has 0 fully saturated rings. The molecule has 25 heavy (non-hydrogen) atoms. The summed E-state index contributed by atoms with van der Waals surface area (Å²) in [6, 6.07) is 11.2. The Morgan fingerprint density at radius 1 is 1.24 bits per heavy atom. The van der Waals surface area contributed by atoms with E-state index in [9.17, 15) is 9.00 Å². The first-order chi connectivity index (χ1) is 12.0. The Labute approximate surface area is 147 Å². The van der Waals surface area contributed by atoms with E-state index in [2.05, 4.69) is 10.1 Å². The molecule has 0 aliphatic rings. The minimum atomic E-state index is -1.28. The Morgan fingerprint density at radius 2 is 2.00 bits per heavy atom. The average molecular weight is 358 g/mol. The minimum Gasteiger partial charge on any atom is -0.483 e. The molecule has 0 spiro atoms. The summed E-state index contributed by atoms with van der Waals surface area (Å²) in [5, 5.41) is 4.61. The molecule has 3 aromatic rings. The molecule has 1 amide bonds. The summed E-state index contributed by atoms with van der Waals surface area (Å²) in [6.07, 6.45) is 3.17. The van der Waals surface area contributed by atoms with Gasteiger partial charge in [0.15, 0.2) is 6.61 Å². The van der Waals surface area contributed by atoms with E-state index < -0.39 is 10.8 Å². The second kappa shape index (κ2) is 7.02. The van der Waals surface area contributed by atoms with Crippen molar-refractivity contribution in [3.63, 3.8) is 0 Å². The predicted molar refractivity (Wildman–Crippen MR) is 94.9 cm³/mol. The number of fused-ring (bicyclic) bond motifs is 1. The maximum atomic E-state index is 11.8. The van der Waals surface area contributed by atoms with Crippen molar-refractivity contribution >= 4 is 22.2 Å². The zero-order valence-corrected chi connectivity index (χ0v) is 15.0. The molecule has 130 valence electrons. The van der Waals surface area contributed by atoms with E-state index in [1.165, 1.54) is 11.2 Å². The van der Waals surface area contributed by atoms with E-state index in [1.54, 1.807) is 30.9 Å². The van der Waals surface area contributed by atoms with Gasteiger partial charge in [0.05, 0.1) is 28.2 Å². The van der Waals surface area contributed by atoms with Crippen molar-refractivity contribution in [2.24, 2.45) is 0 Å². The number of carbonyl (C=O) groups excluding carboxylic acids is 1. The molecular formula is C17H18N4O3S. The van der Waals surface area contributed by atoms with Gasteiger partial charge in [-0.15, -0.1) is 5.10 Å². The second-order valence-electron chi connectivity index (χ2n) is 5.62. The van der Waals surface area contributed by atoms with Crippen molar-refractivity contribution in [1.29, 1.82) is 0 Å². The van der Waals surface area contributed by atoms with Crippen LogP contribution < -0.4 is 4.74 Å². The number of hydrogen-bond donors (Lipinski definition) is 0. The van der Waals surface area contributed by atoms with Crippen LogP contribution in [-0.2, 0) is 15.6 Å². The summed E-state index contributed by atoms with van der Waals surface area (Å²) in [4.78, 5) is 17.4. The van der Waals surface area contributed by atoms with Gasteiger partial charge < -0.3 is 9.64 Å². The average Bonchev–Trinajstić information content (AvgIpc) is 3.02. The van der Waals surface area contributed by atoms with Gasteiger partial charge in [0.25, 0.3) is 5.91 Å². The van der Waals surface area contributed by atoms with Crippen LogP contribution in [0.15, 0.2) is 47.8 Å². The first-order valence-electron chi connectivity index (χ1n) is 7.58. The summed E-state index contributed by atoms with van der Waals surface area (Å²) >= 11 is 0. The van der Waals surface area contributed by atoms with Crippen LogP contribution in [0.5, 0.6) is 5.75 Å². The summed E-state index contributed by atoms with van der Waals surface area (Å²) < 4.78 is 19.1. The van der Waals surface area contributed by atoms with Gasteiger partial charge in [-0.3, -0.25) is 9.00 Å². The molecule has 0 saturated heterocycles. The van der Waals surface area contributed by atoms with Crippen LogP contribution in [-0.4, -0.2) is 56.6 Å². The van der Waals surface area contributed by atoms with Gasteiger partial charge in [0, 0.05) is 25.9 Å². The molecule has 0 aliphatic heterocycles. The highest BCUT2D eigenvalue weighted by atomic mass is 32.2. The fraction of sp³-hybridized carbons (Fsp3) is 0.235. The molecule has 1 aromatic carbocycles. The molecule has 0 bridgehead atoms. The van der Waals surface area contributed by atoms with Gasteiger partial charge in [-0.05, 0) is 24.3 Å². The standard InChI is InChI=1S/C17H18N4O3S/c1-20(2)16(22)11-24-15-7-5-4-6-13(15)14-9-8-12-10-18-17(25(3)23)19-21(12)14/h4-10H,11H2,1-3H3. The lowest BCUT2D eigenvalue weighted by Gasteiger charge is -2.14. The van der Waals surface area contributed by atoms with Gasteiger partial charge in [0.1, 0.15) is 5.75 Å². The van der Waals surface area contributed by atoms with Crippen LogP contribution in [0, 0.1) is 0 Å². The number of para-hydroxylation sites is 1. The maximum absolute atomic E-state index is 11.8. The molecule has 3 rings (SSSR count). The molecule has 2 aromatic heterocycles. The van der Waals surface area contributed by atoms with Gasteiger partial charge in [-0.25, -0.2) is 9.50 Å². The number of likely N-dealkylation sites (N-methyl/N-ethyl adjacent to an activating group) is 1. The smallest absolute Gasteiger partial charge is 0.259 e. The van der Waals surface area contributed by atoms with E-state index in [0.717, 1.165) is 16.8 Å². The number of amides is 1. The van der Waals surface area contributed by atoms with Crippen molar-refractivity contribution in [3.05, 3.63) is 42.6 Å². The van der Waals surface area contributed by atoms with Gasteiger partial charge in [-0.1, -0.05) is 12.1 Å². The van der Waals surface area contributed by atoms with Crippen LogP contribution in [0.25, 0.3) is 16.8 Å². The molecule has 0 saturated carbocycles. The van der Waals surface area contributed by atoms with Gasteiger partial charge in [0.2, 0.25) is 5.16 Å². The van der Waals surface area contributed by atoms with Crippen LogP contribution in [0.3, 0.4) is 0 Å². The lowest BCUT2D eigenvalue weighted by atomic mass is 10.1. The van der Waals surface area contributed by atoms with Crippen molar-refractivity contribution < 1.29 is 13.7 Å². The highest BCUT2D eigenvalue weighted by Gasteiger charge is 2.14. The van der Waals surface area contributed by atoms with E-state index in [-0.39, 0.29) is 17.7 Å². The fourth-order valence-corrected chi connectivity index (χ4v) is 2.69. The molecule has 2 heterocycles. The number of aromatic nitrogens is 3. The lowest BCUT2D eigenvalue weighted by molar-refractivity contribution is -0.130. The third-order valence-corrected chi connectivity index (χ3v) is 4.35. The highest BCUT2D eigenvalue weighted by Crippen LogP contribution is 2.30. The molecule has 0 aliphatic carbocycles.